The first-order chi connectivity index (χ1) is 9.56. The number of benzene rings is 1. The minimum atomic E-state index is -2.63. The highest BCUT2D eigenvalue weighted by atomic mass is 19.3. The average Bonchev–Trinajstić information content (AvgIpc) is 2.82. The maximum Gasteiger partial charge on any atom is 0.319 e. The Morgan fingerprint density at radius 3 is 2.50 bits per heavy atom. The van der Waals surface area contributed by atoms with Crippen LogP contribution in [0.4, 0.5) is 17.6 Å². The standard InChI is InChI=1S/C13H13F4N3/c14-10-5-9(6-11(15)7-10)1-2-18-8-12-19-3-4-20(12)13(16)17/h3-7,13,18H,1-2,8H2. The first-order valence-corrected chi connectivity index (χ1v) is 6.02. The van der Waals surface area contributed by atoms with Crippen molar-refractivity contribution in [2.75, 3.05) is 6.54 Å². The first-order valence-electron chi connectivity index (χ1n) is 6.02. The van der Waals surface area contributed by atoms with Gasteiger partial charge in [-0.2, -0.15) is 8.78 Å². The molecular weight excluding hydrogens is 274 g/mol. The summed E-state index contributed by atoms with van der Waals surface area (Å²) in [5.74, 6) is -1.05. The summed E-state index contributed by atoms with van der Waals surface area (Å²) in [7, 11) is 0. The maximum atomic E-state index is 12.9. The molecule has 1 N–H and O–H groups in total. The van der Waals surface area contributed by atoms with E-state index in [-0.39, 0.29) is 12.4 Å². The number of imidazole rings is 1. The zero-order chi connectivity index (χ0) is 14.5. The topological polar surface area (TPSA) is 29.9 Å². The number of halogens is 4. The molecule has 0 unspecified atom stereocenters. The van der Waals surface area contributed by atoms with Crippen LogP contribution in [0.25, 0.3) is 0 Å². The summed E-state index contributed by atoms with van der Waals surface area (Å²) in [5.41, 5.74) is 0.507. The van der Waals surface area contributed by atoms with Crippen LogP contribution in [0.1, 0.15) is 17.9 Å². The smallest absolute Gasteiger partial charge is 0.310 e. The van der Waals surface area contributed by atoms with E-state index in [2.05, 4.69) is 10.3 Å². The number of hydrogen-bond donors (Lipinski definition) is 1. The number of alkyl halides is 2. The minimum Gasteiger partial charge on any atom is -0.310 e. The molecule has 2 aromatic rings. The Kier molecular flexibility index (Phi) is 4.73. The van der Waals surface area contributed by atoms with Crippen molar-refractivity contribution in [2.24, 2.45) is 0 Å². The second-order valence-corrected chi connectivity index (χ2v) is 4.23. The Morgan fingerprint density at radius 1 is 1.15 bits per heavy atom. The Bertz CT molecular complexity index is 548. The van der Waals surface area contributed by atoms with Gasteiger partial charge in [-0.3, -0.25) is 4.57 Å². The molecule has 2 rings (SSSR count). The first kappa shape index (κ1) is 14.5. The number of hydrogen-bond acceptors (Lipinski definition) is 2. The van der Waals surface area contributed by atoms with E-state index in [4.69, 9.17) is 0 Å². The lowest BCUT2D eigenvalue weighted by Crippen LogP contribution is -2.20. The van der Waals surface area contributed by atoms with Gasteiger partial charge in [-0.15, -0.1) is 0 Å². The van der Waals surface area contributed by atoms with Crippen LogP contribution in [0.5, 0.6) is 0 Å². The molecule has 0 amide bonds. The molecule has 0 fully saturated rings. The highest BCUT2D eigenvalue weighted by Crippen LogP contribution is 2.12. The molecular formula is C13H13F4N3. The average molecular weight is 287 g/mol. The summed E-state index contributed by atoms with van der Waals surface area (Å²) >= 11 is 0. The Hall–Kier alpha value is -1.89. The summed E-state index contributed by atoms with van der Waals surface area (Å²) in [5, 5.41) is 2.91. The molecule has 0 radical (unpaired) electrons. The zero-order valence-corrected chi connectivity index (χ0v) is 10.5. The lowest BCUT2D eigenvalue weighted by molar-refractivity contribution is 0.0666. The third kappa shape index (κ3) is 3.80. The summed E-state index contributed by atoms with van der Waals surface area (Å²) < 4.78 is 51.7. The van der Waals surface area contributed by atoms with Gasteiger partial charge in [-0.1, -0.05) is 0 Å². The molecule has 0 aliphatic rings. The van der Waals surface area contributed by atoms with Crippen LogP contribution in [0.15, 0.2) is 30.6 Å². The van der Waals surface area contributed by atoms with Crippen molar-refractivity contribution in [3.05, 3.63) is 53.6 Å². The summed E-state index contributed by atoms with van der Waals surface area (Å²) in [6, 6.07) is 3.28. The molecule has 7 heteroatoms. The molecule has 0 bridgehead atoms. The third-order valence-corrected chi connectivity index (χ3v) is 2.76. The second-order valence-electron chi connectivity index (χ2n) is 4.23. The Morgan fingerprint density at radius 2 is 1.85 bits per heavy atom. The van der Waals surface area contributed by atoms with Crippen LogP contribution in [0.2, 0.25) is 0 Å². The predicted molar refractivity (Wildman–Crippen MR) is 65.2 cm³/mol. The molecule has 108 valence electrons. The molecule has 1 aromatic carbocycles. The van der Waals surface area contributed by atoms with Crippen LogP contribution in [0, 0.1) is 11.6 Å². The van der Waals surface area contributed by atoms with Gasteiger partial charge >= 0.3 is 6.55 Å². The van der Waals surface area contributed by atoms with Crippen molar-refractivity contribution in [1.82, 2.24) is 14.9 Å². The number of aromatic nitrogens is 2. The van der Waals surface area contributed by atoms with Crippen molar-refractivity contribution in [3.8, 4) is 0 Å². The van der Waals surface area contributed by atoms with Crippen molar-refractivity contribution >= 4 is 0 Å². The highest BCUT2D eigenvalue weighted by Gasteiger charge is 2.10. The summed E-state index contributed by atoms with van der Waals surface area (Å²) in [4.78, 5) is 3.81. The Balaban J connectivity index is 1.83. The van der Waals surface area contributed by atoms with E-state index in [1.165, 1.54) is 24.5 Å². The molecule has 0 aliphatic carbocycles. The largest absolute Gasteiger partial charge is 0.319 e. The van der Waals surface area contributed by atoms with Crippen LogP contribution >= 0.6 is 0 Å². The second kappa shape index (κ2) is 6.51. The van der Waals surface area contributed by atoms with Gasteiger partial charge in [-0.25, -0.2) is 13.8 Å². The summed E-state index contributed by atoms with van der Waals surface area (Å²) in [6.45, 7) is -2.07. The van der Waals surface area contributed by atoms with Gasteiger partial charge in [0.25, 0.3) is 0 Å². The van der Waals surface area contributed by atoms with Gasteiger partial charge in [0, 0.05) is 18.5 Å². The predicted octanol–water partition coefficient (Wildman–Crippen LogP) is 2.89. The van der Waals surface area contributed by atoms with Crippen LogP contribution in [-0.4, -0.2) is 16.1 Å². The van der Waals surface area contributed by atoms with Crippen LogP contribution in [0.3, 0.4) is 0 Å². The Labute approximate surface area is 113 Å². The quantitative estimate of drug-likeness (QED) is 0.654. The van der Waals surface area contributed by atoms with Gasteiger partial charge in [-0.05, 0) is 30.7 Å². The van der Waals surface area contributed by atoms with E-state index in [1.54, 1.807) is 0 Å². The van der Waals surface area contributed by atoms with Gasteiger partial charge in [0.15, 0.2) is 0 Å². The number of nitrogens with one attached hydrogen (secondary N) is 1. The lowest BCUT2D eigenvalue weighted by atomic mass is 10.1. The maximum absolute atomic E-state index is 12.9. The van der Waals surface area contributed by atoms with Gasteiger partial charge in [0.1, 0.15) is 17.5 Å². The molecule has 3 nitrogen and oxygen atoms in total. The van der Waals surface area contributed by atoms with E-state index < -0.39 is 18.2 Å². The highest BCUT2D eigenvalue weighted by molar-refractivity contribution is 5.18. The molecule has 0 aliphatic heterocycles. The fourth-order valence-corrected chi connectivity index (χ4v) is 1.85. The molecule has 1 heterocycles. The SMILES string of the molecule is Fc1cc(F)cc(CCNCc2nccn2C(F)F)c1. The van der Waals surface area contributed by atoms with Crippen molar-refractivity contribution in [1.29, 1.82) is 0 Å². The molecule has 20 heavy (non-hydrogen) atoms. The molecule has 0 atom stereocenters. The van der Waals surface area contributed by atoms with E-state index in [0.717, 1.165) is 10.6 Å². The molecule has 0 spiro atoms. The van der Waals surface area contributed by atoms with E-state index >= 15 is 0 Å². The van der Waals surface area contributed by atoms with E-state index in [1.807, 2.05) is 0 Å². The van der Waals surface area contributed by atoms with E-state index in [9.17, 15) is 17.6 Å². The third-order valence-electron chi connectivity index (χ3n) is 2.76. The van der Waals surface area contributed by atoms with Gasteiger partial charge < -0.3 is 5.32 Å². The van der Waals surface area contributed by atoms with Crippen LogP contribution in [-0.2, 0) is 13.0 Å². The molecule has 0 saturated carbocycles. The van der Waals surface area contributed by atoms with Crippen LogP contribution < -0.4 is 5.32 Å². The molecule has 1 aromatic heterocycles. The van der Waals surface area contributed by atoms with Gasteiger partial charge in [0.2, 0.25) is 0 Å². The van der Waals surface area contributed by atoms with Crippen molar-refractivity contribution < 1.29 is 17.6 Å². The zero-order valence-electron chi connectivity index (χ0n) is 10.5. The van der Waals surface area contributed by atoms with E-state index in [0.29, 0.717) is 18.5 Å². The van der Waals surface area contributed by atoms with Gasteiger partial charge in [0.05, 0.1) is 6.54 Å². The number of nitrogens with zero attached hydrogens (tertiary/aromatic N) is 2. The lowest BCUT2D eigenvalue weighted by Gasteiger charge is -2.08. The van der Waals surface area contributed by atoms with Crippen molar-refractivity contribution in [2.45, 2.75) is 19.5 Å². The summed E-state index contributed by atoms with van der Waals surface area (Å²) in [6.07, 6.45) is 2.89. The monoisotopic (exact) mass is 287 g/mol. The normalized spacial score (nSPS) is 11.2. The fourth-order valence-electron chi connectivity index (χ4n) is 1.85. The fraction of sp³-hybridized carbons (Fsp3) is 0.308. The minimum absolute atomic E-state index is 0.162. The molecule has 0 saturated heterocycles. The number of rotatable bonds is 6. The van der Waals surface area contributed by atoms with Crippen molar-refractivity contribution in [3.63, 3.8) is 0 Å².